The molecule has 0 aliphatic carbocycles. The van der Waals surface area contributed by atoms with E-state index in [0.29, 0.717) is 91.1 Å². The third-order valence-corrected chi connectivity index (χ3v) is 12.9. The van der Waals surface area contributed by atoms with E-state index < -0.39 is 17.9 Å². The van der Waals surface area contributed by atoms with E-state index in [9.17, 15) is 19.2 Å². The van der Waals surface area contributed by atoms with Gasteiger partial charge in [-0.2, -0.15) is 0 Å². The molecule has 80 heavy (non-hydrogen) atoms. The van der Waals surface area contributed by atoms with E-state index in [-0.39, 0.29) is 19.4 Å². The van der Waals surface area contributed by atoms with E-state index >= 15 is 0 Å². The zero-order valence-corrected chi connectivity index (χ0v) is 44.5. The van der Waals surface area contributed by atoms with Crippen LogP contribution in [0.25, 0.3) is 57.0 Å². The van der Waals surface area contributed by atoms with E-state index in [0.717, 1.165) is 72.5 Å². The molecule has 0 N–H and O–H groups in total. The van der Waals surface area contributed by atoms with Gasteiger partial charge in [0, 0.05) is 24.1 Å². The van der Waals surface area contributed by atoms with Crippen LogP contribution in [0.2, 0.25) is 0 Å². The monoisotopic (exact) mass is 1070 g/mol. The van der Waals surface area contributed by atoms with Crippen molar-refractivity contribution in [2.24, 2.45) is 0 Å². The average molecular weight is 1080 g/mol. The lowest BCUT2D eigenvalue weighted by Crippen LogP contribution is -2.09. The molecule has 0 atom stereocenters. The molecule has 8 aromatic carbocycles. The predicted octanol–water partition coefficient (Wildman–Crippen LogP) is 13.8. The van der Waals surface area contributed by atoms with Crippen molar-refractivity contribution in [1.82, 2.24) is 0 Å². The number of esters is 4. The van der Waals surface area contributed by atoms with Crippen molar-refractivity contribution in [1.29, 1.82) is 0 Å². The first-order chi connectivity index (χ1) is 39.0. The Kier molecular flexibility index (Phi) is 18.2. The lowest BCUT2D eigenvalue weighted by atomic mass is 9.91. The van der Waals surface area contributed by atoms with Gasteiger partial charge >= 0.3 is 23.9 Å². The van der Waals surface area contributed by atoms with Crippen LogP contribution in [0.4, 0.5) is 0 Å². The van der Waals surface area contributed by atoms with E-state index in [1.54, 1.807) is 60.7 Å². The van der Waals surface area contributed by atoms with Crippen LogP contribution in [0.1, 0.15) is 75.6 Å². The minimum Gasteiger partial charge on any atom is -0.493 e. The van der Waals surface area contributed by atoms with Gasteiger partial charge < -0.3 is 47.4 Å². The summed E-state index contributed by atoms with van der Waals surface area (Å²) in [6.07, 6.45) is 11.9. The number of hydrogen-bond acceptors (Lipinski definition) is 14. The average Bonchev–Trinajstić information content (AvgIpc) is 3.69. The summed E-state index contributed by atoms with van der Waals surface area (Å²) in [5, 5.41) is 4.11. The largest absolute Gasteiger partial charge is 0.493 e. The molecule has 0 aromatic heterocycles. The standard InChI is InChI=1S/C66H58O14/c1-5-62(68)76-37-9-8-36-75-57-31-23-51(41-61(57)72-4)66(70)80-53-26-16-45(17-27-53)11-13-47-19-29-55-49(39-47)21-33-59-64(55)63-54-28-18-46(38-48(54)20-32-58(63)77-42-78-59)12-10-44-14-24-52(25-15-44)79-65(69)50-22-30-56(60(40-50)71-3)74-35-7-6-34-73-43(2)67/h5,10-33,38-41H,1,6-9,34-37,42H2,2-4H3/b12-10-,13-11-. The molecule has 0 saturated heterocycles. The van der Waals surface area contributed by atoms with Crippen LogP contribution < -0.4 is 37.9 Å². The maximum atomic E-state index is 13.1. The summed E-state index contributed by atoms with van der Waals surface area (Å²) < 4.78 is 56.3. The van der Waals surface area contributed by atoms with Crippen molar-refractivity contribution in [2.45, 2.75) is 32.6 Å². The van der Waals surface area contributed by atoms with Crippen LogP contribution in [0.5, 0.6) is 46.0 Å². The van der Waals surface area contributed by atoms with Gasteiger partial charge in [-0.25, -0.2) is 14.4 Å². The number of ether oxygens (including phenoxy) is 10. The Morgan fingerprint density at radius 1 is 0.475 bits per heavy atom. The van der Waals surface area contributed by atoms with Gasteiger partial charge in [0.25, 0.3) is 0 Å². The molecule has 406 valence electrons. The van der Waals surface area contributed by atoms with Crippen LogP contribution >= 0.6 is 0 Å². The number of methoxy groups -OCH3 is 2. The molecule has 1 aliphatic heterocycles. The number of hydrogen-bond donors (Lipinski definition) is 0. The maximum absolute atomic E-state index is 13.1. The van der Waals surface area contributed by atoms with Crippen LogP contribution in [-0.4, -0.2) is 71.3 Å². The van der Waals surface area contributed by atoms with E-state index in [1.807, 2.05) is 60.7 Å². The van der Waals surface area contributed by atoms with Gasteiger partial charge in [-0.15, -0.1) is 0 Å². The Balaban J connectivity index is 0.819. The Morgan fingerprint density at radius 2 is 0.900 bits per heavy atom. The van der Waals surface area contributed by atoms with Gasteiger partial charge in [0.15, 0.2) is 23.0 Å². The molecular formula is C66H58O14. The van der Waals surface area contributed by atoms with Crippen molar-refractivity contribution in [3.05, 3.63) is 192 Å². The summed E-state index contributed by atoms with van der Waals surface area (Å²) in [4.78, 5) is 48.4. The molecule has 14 heteroatoms. The Morgan fingerprint density at radius 3 is 1.34 bits per heavy atom. The van der Waals surface area contributed by atoms with Crippen molar-refractivity contribution in [3.63, 3.8) is 0 Å². The fourth-order valence-electron chi connectivity index (χ4n) is 8.84. The van der Waals surface area contributed by atoms with Gasteiger partial charge in [-0.3, -0.25) is 4.79 Å². The maximum Gasteiger partial charge on any atom is 0.343 e. The number of carbonyl (C=O) groups excluding carboxylic acids is 4. The van der Waals surface area contributed by atoms with Gasteiger partial charge in [0.05, 0.1) is 51.8 Å². The lowest BCUT2D eigenvalue weighted by Gasteiger charge is -2.14. The number of rotatable bonds is 23. The molecule has 0 unspecified atom stereocenters. The molecule has 0 saturated carbocycles. The van der Waals surface area contributed by atoms with Crippen molar-refractivity contribution < 1.29 is 66.5 Å². The summed E-state index contributed by atoms with van der Waals surface area (Å²) in [7, 11) is 3.01. The fourth-order valence-corrected chi connectivity index (χ4v) is 8.84. The summed E-state index contributed by atoms with van der Waals surface area (Å²) in [5.41, 5.74) is 6.36. The quantitative estimate of drug-likeness (QED) is 0.0196. The van der Waals surface area contributed by atoms with E-state index in [4.69, 9.17) is 47.4 Å². The topological polar surface area (TPSA) is 161 Å². The minimum absolute atomic E-state index is 0.0769. The molecular weight excluding hydrogens is 1020 g/mol. The van der Waals surface area contributed by atoms with Crippen molar-refractivity contribution in [3.8, 4) is 57.1 Å². The molecule has 0 amide bonds. The van der Waals surface area contributed by atoms with Gasteiger partial charge in [-0.1, -0.05) is 91.5 Å². The fraction of sp³-hybridized carbons (Fsp3) is 0.182. The highest BCUT2D eigenvalue weighted by Gasteiger charge is 2.23. The van der Waals surface area contributed by atoms with Crippen molar-refractivity contribution in [2.75, 3.05) is 47.4 Å². The third-order valence-electron chi connectivity index (χ3n) is 12.9. The van der Waals surface area contributed by atoms with Crippen LogP contribution in [-0.2, 0) is 19.1 Å². The zero-order valence-electron chi connectivity index (χ0n) is 44.5. The molecule has 8 aromatic rings. The van der Waals surface area contributed by atoms with Gasteiger partial charge in [0.1, 0.15) is 23.0 Å². The van der Waals surface area contributed by atoms with Crippen LogP contribution in [0.15, 0.2) is 158 Å². The highest BCUT2D eigenvalue weighted by molar-refractivity contribution is 6.10. The number of unbranched alkanes of at least 4 members (excludes halogenated alkanes) is 2. The van der Waals surface area contributed by atoms with Crippen LogP contribution in [0, 0.1) is 0 Å². The van der Waals surface area contributed by atoms with E-state index in [2.05, 4.69) is 55.1 Å². The number of benzene rings is 8. The zero-order chi connectivity index (χ0) is 55.8. The normalized spacial score (nSPS) is 11.6. The molecule has 14 nitrogen and oxygen atoms in total. The van der Waals surface area contributed by atoms with E-state index in [1.165, 1.54) is 21.1 Å². The Labute approximate surface area is 463 Å². The lowest BCUT2D eigenvalue weighted by molar-refractivity contribution is -0.141. The highest BCUT2D eigenvalue weighted by atomic mass is 16.7. The second-order valence-electron chi connectivity index (χ2n) is 18.4. The van der Waals surface area contributed by atoms with Crippen LogP contribution in [0.3, 0.4) is 0 Å². The third kappa shape index (κ3) is 14.0. The molecule has 0 fully saturated rings. The molecule has 1 heterocycles. The predicted molar refractivity (Wildman–Crippen MR) is 307 cm³/mol. The minimum atomic E-state index is -0.539. The summed E-state index contributed by atoms with van der Waals surface area (Å²) in [6.45, 7) is 6.22. The summed E-state index contributed by atoms with van der Waals surface area (Å²) in [5.74, 6) is 2.19. The Hall–Kier alpha value is -9.82. The first-order valence-corrected chi connectivity index (χ1v) is 26.0. The number of carbonyl (C=O) groups is 4. The molecule has 1 aliphatic rings. The smallest absolute Gasteiger partial charge is 0.343 e. The summed E-state index contributed by atoms with van der Waals surface area (Å²) >= 11 is 0. The summed E-state index contributed by atoms with van der Waals surface area (Å²) in [6, 6.07) is 45.1. The number of fused-ring (bicyclic) bond motifs is 7. The molecule has 0 bridgehead atoms. The molecule has 0 spiro atoms. The SMILES string of the molecule is C=CC(=O)OCCCCOc1ccc(C(=O)Oc2ccc(/C=C\c3ccc4c5c(ccc4c3)OCOc3ccc4cc(/C=C\c6ccc(OC(=O)c7ccc(OCCCCOC(C)=O)c(OC)c7)cc6)ccc4c3-5)cc2)cc1OC. The first-order valence-electron chi connectivity index (χ1n) is 26.0. The van der Waals surface area contributed by atoms with Gasteiger partial charge in [0.2, 0.25) is 6.79 Å². The highest BCUT2D eigenvalue weighted by Crippen LogP contribution is 2.47. The molecule has 9 rings (SSSR count). The molecule has 0 radical (unpaired) electrons. The Bertz CT molecular complexity index is 3620. The second-order valence-corrected chi connectivity index (χ2v) is 18.4. The first kappa shape index (κ1) is 55.0. The van der Waals surface area contributed by atoms with Crippen molar-refractivity contribution >= 4 is 69.7 Å². The second kappa shape index (κ2) is 26.5. The van der Waals surface area contributed by atoms with Gasteiger partial charge in [-0.05, 0) is 154 Å².